The number of aromatic amines is 3. The third-order valence-corrected chi connectivity index (χ3v) is 5.16. The van der Waals surface area contributed by atoms with Crippen molar-refractivity contribution in [3.63, 3.8) is 0 Å². The van der Waals surface area contributed by atoms with Gasteiger partial charge >= 0.3 is 5.69 Å². The Morgan fingerprint density at radius 1 is 1.07 bits per heavy atom. The molecule has 0 bridgehead atoms. The van der Waals surface area contributed by atoms with Crippen LogP contribution in [0.25, 0.3) is 16.7 Å². The highest BCUT2D eigenvalue weighted by Gasteiger charge is 2.12. The van der Waals surface area contributed by atoms with E-state index in [4.69, 9.17) is 0 Å². The highest BCUT2D eigenvalue weighted by atomic mass is 79.9. The monoisotopic (exact) mass is 454 g/mol. The summed E-state index contributed by atoms with van der Waals surface area (Å²) in [6.07, 6.45) is 1.56. The molecule has 0 aliphatic heterocycles. The lowest BCUT2D eigenvalue weighted by atomic mass is 10.2. The number of aromatic nitrogens is 4. The third-order valence-electron chi connectivity index (χ3n) is 4.63. The van der Waals surface area contributed by atoms with Crippen molar-refractivity contribution in [3.8, 4) is 5.69 Å². The number of nitrogens with zero attached hydrogens (tertiary/aromatic N) is 3. The molecule has 0 radical (unpaired) electrons. The Bertz CT molecular complexity index is 1340. The average molecular weight is 455 g/mol. The van der Waals surface area contributed by atoms with E-state index in [9.17, 15) is 9.59 Å². The summed E-state index contributed by atoms with van der Waals surface area (Å²) in [6, 6.07) is 11.1. The number of aryl methyl sites for hydroxylation is 1. The first-order chi connectivity index (χ1) is 13.8. The van der Waals surface area contributed by atoms with Gasteiger partial charge in [0.1, 0.15) is 0 Å². The molecule has 0 fully saturated rings. The fourth-order valence-electron chi connectivity index (χ4n) is 3.14. The predicted octanol–water partition coefficient (Wildman–Crippen LogP) is 3.22. The number of anilines is 1. The van der Waals surface area contributed by atoms with E-state index in [2.05, 4.69) is 36.0 Å². The molecule has 0 amide bonds. The number of aliphatic imine (C=N–C) groups is 1. The fourth-order valence-corrected chi connectivity index (χ4v) is 3.40. The van der Waals surface area contributed by atoms with Gasteiger partial charge in [-0.15, -0.1) is 0 Å². The number of benzene rings is 2. The molecule has 8 nitrogen and oxygen atoms in total. The molecule has 0 spiro atoms. The van der Waals surface area contributed by atoms with Gasteiger partial charge in [0, 0.05) is 30.5 Å². The van der Waals surface area contributed by atoms with Crippen LogP contribution in [0.3, 0.4) is 0 Å². The maximum Gasteiger partial charge on any atom is 0.323 e. The van der Waals surface area contributed by atoms with Crippen LogP contribution in [0.5, 0.6) is 0 Å². The van der Waals surface area contributed by atoms with E-state index >= 15 is 0 Å². The van der Waals surface area contributed by atoms with Gasteiger partial charge in [-0.2, -0.15) is 0 Å². The lowest BCUT2D eigenvalue weighted by Gasteiger charge is -2.15. The van der Waals surface area contributed by atoms with Crippen molar-refractivity contribution in [1.29, 1.82) is 0 Å². The van der Waals surface area contributed by atoms with Crippen LogP contribution in [0.4, 0.5) is 11.4 Å². The lowest BCUT2D eigenvalue weighted by molar-refractivity contribution is 0.835. The second-order valence-corrected chi connectivity index (χ2v) is 7.80. The molecule has 0 aliphatic carbocycles. The van der Waals surface area contributed by atoms with Crippen molar-refractivity contribution in [1.82, 2.24) is 19.7 Å². The summed E-state index contributed by atoms with van der Waals surface area (Å²) in [6.45, 7) is 1.83. The minimum Gasteiger partial charge on any atom is -0.376 e. The third kappa shape index (κ3) is 3.56. The first kappa shape index (κ1) is 19.0. The van der Waals surface area contributed by atoms with Crippen molar-refractivity contribution in [2.75, 3.05) is 19.0 Å². The molecule has 2 aromatic heterocycles. The molecule has 0 aliphatic rings. The number of fused-ring (bicyclic) bond motifs is 1. The van der Waals surface area contributed by atoms with Gasteiger partial charge in [-0.25, -0.2) is 9.48 Å². The lowest BCUT2D eigenvalue weighted by Crippen LogP contribution is -2.17. The van der Waals surface area contributed by atoms with Gasteiger partial charge in [0.2, 0.25) is 0 Å². The van der Waals surface area contributed by atoms with E-state index in [1.807, 2.05) is 56.3 Å². The van der Waals surface area contributed by atoms with Crippen LogP contribution in [-0.4, -0.2) is 40.1 Å². The van der Waals surface area contributed by atoms with Crippen molar-refractivity contribution in [3.05, 3.63) is 73.0 Å². The molecule has 0 saturated carbocycles. The Kier molecular flexibility index (Phi) is 4.75. The van der Waals surface area contributed by atoms with Crippen molar-refractivity contribution in [2.24, 2.45) is 4.99 Å². The van der Waals surface area contributed by atoms with Crippen LogP contribution in [0, 0.1) is 6.92 Å². The topological polar surface area (TPSA) is 102 Å². The number of imidazole rings is 1. The summed E-state index contributed by atoms with van der Waals surface area (Å²) in [7, 11) is 3.79. The summed E-state index contributed by atoms with van der Waals surface area (Å²) >= 11 is 3.40. The van der Waals surface area contributed by atoms with E-state index in [1.54, 1.807) is 12.3 Å². The average Bonchev–Trinajstić information content (AvgIpc) is 3.17. The van der Waals surface area contributed by atoms with Gasteiger partial charge in [0.25, 0.3) is 5.56 Å². The largest absolute Gasteiger partial charge is 0.376 e. The maximum atomic E-state index is 12.9. The predicted molar refractivity (Wildman–Crippen MR) is 119 cm³/mol. The van der Waals surface area contributed by atoms with Crippen molar-refractivity contribution >= 4 is 44.6 Å². The second-order valence-electron chi connectivity index (χ2n) is 6.89. The number of hydrogen-bond donors (Lipinski definition) is 3. The number of rotatable bonds is 4. The molecule has 4 aromatic rings. The molecule has 148 valence electrons. The van der Waals surface area contributed by atoms with Gasteiger partial charge in [-0.05, 0) is 43.3 Å². The van der Waals surface area contributed by atoms with Crippen LogP contribution < -0.4 is 16.1 Å². The highest BCUT2D eigenvalue weighted by Crippen LogP contribution is 2.30. The molecule has 0 atom stereocenters. The summed E-state index contributed by atoms with van der Waals surface area (Å²) in [5, 5.41) is 3.09. The minimum atomic E-state index is -0.273. The van der Waals surface area contributed by atoms with Crippen molar-refractivity contribution < 1.29 is 0 Å². The zero-order valence-corrected chi connectivity index (χ0v) is 17.7. The number of halogens is 1. The van der Waals surface area contributed by atoms with E-state index in [0.29, 0.717) is 28.0 Å². The molecule has 0 saturated heterocycles. The molecule has 2 heterocycles. The second kappa shape index (κ2) is 7.25. The zero-order chi connectivity index (χ0) is 20.7. The molecule has 4 rings (SSSR count). The Morgan fingerprint density at radius 3 is 2.38 bits per heavy atom. The van der Waals surface area contributed by atoms with E-state index in [1.165, 1.54) is 4.68 Å². The number of nitrogens with one attached hydrogen (secondary N) is 3. The SMILES string of the molecule is Cc1[nH]n(-c2ccc(Br)cc2)c(=O)c1C=Nc1cc2[nH]c(=O)[nH]c2cc1N(C)C. The van der Waals surface area contributed by atoms with Crippen molar-refractivity contribution in [2.45, 2.75) is 6.92 Å². The Morgan fingerprint density at radius 2 is 1.72 bits per heavy atom. The van der Waals surface area contributed by atoms with E-state index < -0.39 is 0 Å². The Labute approximate surface area is 174 Å². The van der Waals surface area contributed by atoms with Crippen LogP contribution in [-0.2, 0) is 0 Å². The minimum absolute atomic E-state index is 0.184. The molecular formula is C20H19BrN6O2. The molecule has 9 heteroatoms. The smallest absolute Gasteiger partial charge is 0.323 e. The summed E-state index contributed by atoms with van der Waals surface area (Å²) in [5.41, 5.74) is 4.30. The van der Waals surface area contributed by atoms with E-state index in [-0.39, 0.29) is 11.2 Å². The maximum absolute atomic E-state index is 12.9. The Balaban J connectivity index is 1.78. The summed E-state index contributed by atoms with van der Waals surface area (Å²) in [5.74, 6) is 0. The van der Waals surface area contributed by atoms with E-state index in [0.717, 1.165) is 15.8 Å². The molecular weight excluding hydrogens is 436 g/mol. The number of H-pyrrole nitrogens is 3. The highest BCUT2D eigenvalue weighted by molar-refractivity contribution is 9.10. The van der Waals surface area contributed by atoms with Gasteiger partial charge in [0.15, 0.2) is 0 Å². The van der Waals surface area contributed by atoms with Crippen LogP contribution in [0.1, 0.15) is 11.3 Å². The summed E-state index contributed by atoms with van der Waals surface area (Å²) in [4.78, 5) is 36.4. The van der Waals surface area contributed by atoms with Crippen LogP contribution in [0.15, 0.2) is 55.5 Å². The molecule has 2 aromatic carbocycles. The van der Waals surface area contributed by atoms with Gasteiger partial charge in [0.05, 0.1) is 33.7 Å². The van der Waals surface area contributed by atoms with Gasteiger partial charge in [-0.1, -0.05) is 15.9 Å². The first-order valence-corrected chi connectivity index (χ1v) is 9.68. The Hall–Kier alpha value is -3.33. The normalized spacial score (nSPS) is 11.6. The first-order valence-electron chi connectivity index (χ1n) is 8.88. The van der Waals surface area contributed by atoms with Crippen LogP contribution in [0.2, 0.25) is 0 Å². The quantitative estimate of drug-likeness (QED) is 0.412. The number of hydrogen-bond acceptors (Lipinski definition) is 4. The van der Waals surface area contributed by atoms with Gasteiger partial charge in [-0.3, -0.25) is 14.9 Å². The fraction of sp³-hybridized carbons (Fsp3) is 0.150. The summed E-state index contributed by atoms with van der Waals surface area (Å²) < 4.78 is 2.43. The zero-order valence-electron chi connectivity index (χ0n) is 16.1. The van der Waals surface area contributed by atoms with Gasteiger partial charge < -0.3 is 14.9 Å². The molecule has 29 heavy (non-hydrogen) atoms. The van der Waals surface area contributed by atoms with Crippen LogP contribution >= 0.6 is 15.9 Å². The molecule has 0 unspecified atom stereocenters. The molecule has 3 N–H and O–H groups in total. The standard InChI is InChI=1S/C20H19BrN6O2/c1-11-14(19(28)27(25-11)13-6-4-12(21)5-7-13)10-22-17-8-15-16(24-20(29)23-15)9-18(17)26(2)3/h4-10,25H,1-3H3,(H2,23,24,29).